The number of benzene rings is 1. The second kappa shape index (κ2) is 9.61. The summed E-state index contributed by atoms with van der Waals surface area (Å²) in [6.07, 6.45) is 4.20. The summed E-state index contributed by atoms with van der Waals surface area (Å²) in [5.41, 5.74) is 3.67. The average molecular weight is 513 g/mol. The Kier molecular flexibility index (Phi) is 6.98. The fraction of sp³-hybridized carbons (Fsp3) is 0.536. The van der Waals surface area contributed by atoms with Crippen LogP contribution < -0.4 is 5.73 Å². The zero-order chi connectivity index (χ0) is 27.4. The Bertz CT molecular complexity index is 1230. The quantitative estimate of drug-likeness (QED) is 0.348. The molecule has 4 rings (SSSR count). The van der Waals surface area contributed by atoms with Gasteiger partial charge in [-0.2, -0.15) is 0 Å². The first kappa shape index (κ1) is 26.9. The number of aliphatic hydroxyl groups excluding tert-OH is 2. The topological polar surface area (TPSA) is 161 Å². The first-order valence-corrected chi connectivity index (χ1v) is 12.9. The SMILES string of the molecule is CCC(CC)CCc1ccc(O)c2c1CC1CC3C(N(C)C)C(=O)C(C(N)=O)=C(O)C3(O)C(=O)C1=C2O. The summed E-state index contributed by atoms with van der Waals surface area (Å²) in [5, 5.41) is 44.5. The Balaban J connectivity index is 1.87. The number of phenols is 1. The molecule has 4 unspecified atom stereocenters. The van der Waals surface area contributed by atoms with E-state index < -0.39 is 58.0 Å². The van der Waals surface area contributed by atoms with Gasteiger partial charge in [0.1, 0.15) is 22.8 Å². The Hall–Kier alpha value is -3.17. The minimum atomic E-state index is -2.62. The van der Waals surface area contributed by atoms with Gasteiger partial charge in [0, 0.05) is 11.5 Å². The maximum Gasteiger partial charge on any atom is 0.255 e. The number of likely N-dealkylation sites (N-methyl/N-ethyl adjacent to an activating group) is 1. The van der Waals surface area contributed by atoms with E-state index in [4.69, 9.17) is 5.73 Å². The second-order valence-corrected chi connectivity index (χ2v) is 10.8. The van der Waals surface area contributed by atoms with Gasteiger partial charge in [0.2, 0.25) is 5.78 Å². The van der Waals surface area contributed by atoms with E-state index >= 15 is 0 Å². The zero-order valence-corrected chi connectivity index (χ0v) is 21.7. The summed E-state index contributed by atoms with van der Waals surface area (Å²) in [4.78, 5) is 40.6. The third-order valence-electron chi connectivity index (χ3n) is 8.68. The zero-order valence-electron chi connectivity index (χ0n) is 21.7. The van der Waals surface area contributed by atoms with E-state index in [-0.39, 0.29) is 23.3 Å². The van der Waals surface area contributed by atoms with Crippen LogP contribution in [0.5, 0.6) is 5.75 Å². The lowest BCUT2D eigenvalue weighted by molar-refractivity contribution is -0.153. The molecule has 1 saturated carbocycles. The first-order chi connectivity index (χ1) is 17.4. The highest BCUT2D eigenvalue weighted by molar-refractivity contribution is 6.24. The van der Waals surface area contributed by atoms with Crippen molar-refractivity contribution in [1.82, 2.24) is 4.90 Å². The van der Waals surface area contributed by atoms with Crippen molar-refractivity contribution in [3.63, 3.8) is 0 Å². The first-order valence-electron chi connectivity index (χ1n) is 12.9. The largest absolute Gasteiger partial charge is 0.508 e. The number of Topliss-reactive ketones (excluding diaryl/α,β-unsaturated/α-hetero) is 2. The van der Waals surface area contributed by atoms with Crippen molar-refractivity contribution in [3.05, 3.63) is 45.7 Å². The summed E-state index contributed by atoms with van der Waals surface area (Å²) in [7, 11) is 3.17. The maximum atomic E-state index is 13.9. The van der Waals surface area contributed by atoms with E-state index in [1.165, 1.54) is 11.0 Å². The van der Waals surface area contributed by atoms with Crippen LogP contribution in [0.3, 0.4) is 0 Å². The van der Waals surface area contributed by atoms with Crippen LogP contribution in [-0.2, 0) is 27.2 Å². The molecule has 1 aromatic carbocycles. The number of aliphatic hydroxyl groups is 3. The molecule has 6 N–H and O–H groups in total. The van der Waals surface area contributed by atoms with Crippen molar-refractivity contribution >= 4 is 23.2 Å². The molecule has 0 bridgehead atoms. The number of phenolic OH excluding ortho intramolecular Hbond substituents is 1. The lowest BCUT2D eigenvalue weighted by atomic mass is 9.57. The van der Waals surface area contributed by atoms with Crippen LogP contribution in [0.2, 0.25) is 0 Å². The fourth-order valence-corrected chi connectivity index (χ4v) is 6.60. The molecule has 9 heteroatoms. The van der Waals surface area contributed by atoms with Crippen LogP contribution in [0.4, 0.5) is 0 Å². The number of rotatable bonds is 7. The Labute approximate surface area is 216 Å². The Morgan fingerprint density at radius 2 is 1.81 bits per heavy atom. The van der Waals surface area contributed by atoms with Crippen LogP contribution in [0.15, 0.2) is 29.0 Å². The third-order valence-corrected chi connectivity index (χ3v) is 8.68. The molecule has 1 amide bonds. The lowest BCUT2D eigenvalue weighted by Crippen LogP contribution is -2.65. The molecule has 3 aliphatic carbocycles. The van der Waals surface area contributed by atoms with Gasteiger partial charge in [-0.25, -0.2) is 0 Å². The number of hydrogen-bond acceptors (Lipinski definition) is 8. The second-order valence-electron chi connectivity index (χ2n) is 10.8. The standard InChI is InChI=1S/C28H36N2O7/c1-5-13(6-2)7-8-14-9-10-18(31)20-16(14)11-15-12-17-22(30(3)4)24(33)21(27(29)36)26(35)28(17,37)25(34)19(15)23(20)32/h9-10,13,15,17,22,31-32,35,37H,5-8,11-12H2,1-4H3,(H2,29,36). The molecule has 0 aliphatic heterocycles. The lowest BCUT2D eigenvalue weighted by Gasteiger charge is -2.50. The highest BCUT2D eigenvalue weighted by atomic mass is 16.3. The summed E-state index contributed by atoms with van der Waals surface area (Å²) < 4.78 is 0. The average Bonchev–Trinajstić information content (AvgIpc) is 2.82. The van der Waals surface area contributed by atoms with Gasteiger partial charge >= 0.3 is 0 Å². The molecule has 0 aromatic heterocycles. The minimum Gasteiger partial charge on any atom is -0.508 e. The number of hydrogen-bond donors (Lipinski definition) is 5. The normalized spacial score (nSPS) is 27.5. The number of primary amides is 1. The van der Waals surface area contributed by atoms with Gasteiger partial charge in [-0.3, -0.25) is 19.3 Å². The van der Waals surface area contributed by atoms with Crippen molar-refractivity contribution < 1.29 is 34.8 Å². The van der Waals surface area contributed by atoms with Gasteiger partial charge in [-0.05, 0) is 68.8 Å². The Morgan fingerprint density at radius 3 is 2.38 bits per heavy atom. The van der Waals surface area contributed by atoms with Gasteiger partial charge in [-0.15, -0.1) is 0 Å². The van der Waals surface area contributed by atoms with Gasteiger partial charge in [0.25, 0.3) is 5.91 Å². The van der Waals surface area contributed by atoms with E-state index in [0.29, 0.717) is 12.3 Å². The highest BCUT2D eigenvalue weighted by Crippen LogP contribution is 2.53. The molecule has 200 valence electrons. The number of carbonyl (C=O) groups is 3. The van der Waals surface area contributed by atoms with Gasteiger partial charge < -0.3 is 26.2 Å². The molecular formula is C28H36N2O7. The predicted molar refractivity (Wildman–Crippen MR) is 137 cm³/mol. The number of carbonyl (C=O) groups excluding carboxylic acids is 3. The van der Waals surface area contributed by atoms with E-state index in [9.17, 15) is 34.8 Å². The van der Waals surface area contributed by atoms with Crippen molar-refractivity contribution in [1.29, 1.82) is 0 Å². The molecule has 9 nitrogen and oxygen atoms in total. The van der Waals surface area contributed by atoms with Gasteiger partial charge in [0.15, 0.2) is 11.4 Å². The summed E-state index contributed by atoms with van der Waals surface area (Å²) >= 11 is 0. The van der Waals surface area contributed by atoms with Gasteiger partial charge in [0.05, 0.1) is 11.6 Å². The van der Waals surface area contributed by atoms with Gasteiger partial charge in [-0.1, -0.05) is 32.8 Å². The number of fused-ring (bicyclic) bond motifs is 3. The molecule has 3 aliphatic rings. The van der Waals surface area contributed by atoms with Crippen LogP contribution >= 0.6 is 0 Å². The number of aryl methyl sites for hydroxylation is 1. The third kappa shape index (κ3) is 3.95. The monoisotopic (exact) mass is 512 g/mol. The predicted octanol–water partition coefficient (Wildman–Crippen LogP) is 2.33. The highest BCUT2D eigenvalue weighted by Gasteiger charge is 2.64. The van der Waals surface area contributed by atoms with Crippen LogP contribution in [-0.4, -0.2) is 68.5 Å². The summed E-state index contributed by atoms with van der Waals surface area (Å²) in [6, 6.07) is 2.25. The number of nitrogens with zero attached hydrogens (tertiary/aromatic N) is 1. The molecule has 1 fully saturated rings. The number of aromatic hydroxyl groups is 1. The van der Waals surface area contributed by atoms with Crippen molar-refractivity contribution in [3.8, 4) is 5.75 Å². The van der Waals surface area contributed by atoms with Crippen LogP contribution in [0.25, 0.3) is 5.76 Å². The van der Waals surface area contributed by atoms with Crippen molar-refractivity contribution in [2.75, 3.05) is 14.1 Å². The van der Waals surface area contributed by atoms with E-state index in [1.807, 2.05) is 6.07 Å². The molecule has 4 atom stereocenters. The molecule has 0 heterocycles. The van der Waals surface area contributed by atoms with E-state index in [1.54, 1.807) is 14.1 Å². The van der Waals surface area contributed by atoms with E-state index in [0.717, 1.165) is 36.8 Å². The summed E-state index contributed by atoms with van der Waals surface area (Å²) in [5.74, 6) is -5.79. The number of ketones is 2. The fourth-order valence-electron chi connectivity index (χ4n) is 6.60. The van der Waals surface area contributed by atoms with E-state index in [2.05, 4.69) is 13.8 Å². The van der Waals surface area contributed by atoms with Crippen LogP contribution in [0.1, 0.15) is 56.2 Å². The molecular weight excluding hydrogens is 476 g/mol. The van der Waals surface area contributed by atoms with Crippen LogP contribution in [0, 0.1) is 17.8 Å². The molecule has 0 spiro atoms. The maximum absolute atomic E-state index is 13.9. The molecule has 1 aromatic rings. The molecule has 0 saturated heterocycles. The van der Waals surface area contributed by atoms with Crippen molar-refractivity contribution in [2.24, 2.45) is 23.5 Å². The minimum absolute atomic E-state index is 0.0907. The Morgan fingerprint density at radius 1 is 1.16 bits per heavy atom. The smallest absolute Gasteiger partial charge is 0.255 e. The number of amides is 1. The number of nitrogens with two attached hydrogens (primary N) is 1. The molecule has 37 heavy (non-hydrogen) atoms. The van der Waals surface area contributed by atoms with Crippen molar-refractivity contribution in [2.45, 2.75) is 64.0 Å². The molecule has 0 radical (unpaired) electrons. The summed E-state index contributed by atoms with van der Waals surface area (Å²) in [6.45, 7) is 4.30.